The lowest BCUT2D eigenvalue weighted by Gasteiger charge is -2.24. The highest BCUT2D eigenvalue weighted by atomic mass is 16.4. The van der Waals surface area contributed by atoms with Gasteiger partial charge in [-0.1, -0.05) is 0 Å². The molecule has 0 saturated carbocycles. The molecule has 0 aliphatic heterocycles. The van der Waals surface area contributed by atoms with Crippen LogP contribution in [0.25, 0.3) is 0 Å². The van der Waals surface area contributed by atoms with E-state index < -0.39 is 5.60 Å². The van der Waals surface area contributed by atoms with E-state index >= 15 is 0 Å². The first-order valence-corrected chi connectivity index (χ1v) is 7.65. The number of aliphatic hydroxyl groups is 1. The van der Waals surface area contributed by atoms with Gasteiger partial charge in [0.05, 0.1) is 19.0 Å². The van der Waals surface area contributed by atoms with E-state index in [0.717, 1.165) is 18.1 Å². The third-order valence-electron chi connectivity index (χ3n) is 3.46. The van der Waals surface area contributed by atoms with E-state index in [1.54, 1.807) is 30.0 Å². The summed E-state index contributed by atoms with van der Waals surface area (Å²) in [5.41, 5.74) is -0.0438. The van der Waals surface area contributed by atoms with E-state index in [4.69, 9.17) is 4.42 Å². The van der Waals surface area contributed by atoms with Crippen molar-refractivity contribution in [3.8, 4) is 0 Å². The molecule has 2 N–H and O–H groups in total. The number of aliphatic imine (C=N–C) groups is 1. The second-order valence-corrected chi connectivity index (χ2v) is 5.80. The maximum atomic E-state index is 10.5. The Morgan fingerprint density at radius 3 is 2.91 bits per heavy atom. The molecule has 7 nitrogen and oxygen atoms in total. The molecule has 0 radical (unpaired) electrons. The van der Waals surface area contributed by atoms with E-state index in [1.807, 2.05) is 38.3 Å². The number of guanidine groups is 1. The summed E-state index contributed by atoms with van der Waals surface area (Å²) in [7, 11) is 3.85. The van der Waals surface area contributed by atoms with Crippen LogP contribution in [0.2, 0.25) is 0 Å². The Bertz CT molecular complexity index is 631. The Hall–Kier alpha value is -2.28. The van der Waals surface area contributed by atoms with Gasteiger partial charge in [-0.15, -0.1) is 0 Å². The molecule has 0 fully saturated rings. The summed E-state index contributed by atoms with van der Waals surface area (Å²) in [5, 5.41) is 17.9. The van der Waals surface area contributed by atoms with Crippen molar-refractivity contribution in [1.29, 1.82) is 0 Å². The number of aryl methyl sites for hydroxylation is 1. The van der Waals surface area contributed by atoms with Gasteiger partial charge in [-0.25, -0.2) is 4.99 Å². The molecule has 23 heavy (non-hydrogen) atoms. The SMILES string of the molecule is CCNC(=NCC(C)(O)c1ccco1)N(C)Cc1cnn(C)c1. The summed E-state index contributed by atoms with van der Waals surface area (Å²) in [6.45, 7) is 5.35. The van der Waals surface area contributed by atoms with Crippen LogP contribution in [0.5, 0.6) is 0 Å². The van der Waals surface area contributed by atoms with Gasteiger partial charge in [0.2, 0.25) is 0 Å². The van der Waals surface area contributed by atoms with Gasteiger partial charge in [-0.2, -0.15) is 5.10 Å². The van der Waals surface area contributed by atoms with E-state index in [1.165, 1.54) is 0 Å². The zero-order chi connectivity index (χ0) is 16.9. The highest BCUT2D eigenvalue weighted by Gasteiger charge is 2.26. The molecule has 2 aromatic rings. The first-order chi connectivity index (χ1) is 10.9. The summed E-state index contributed by atoms with van der Waals surface area (Å²) in [6.07, 6.45) is 5.35. The molecule has 2 aromatic heterocycles. The first kappa shape index (κ1) is 17.1. The number of aromatic nitrogens is 2. The monoisotopic (exact) mass is 319 g/mol. The number of rotatable bonds is 6. The average Bonchev–Trinajstić information content (AvgIpc) is 3.15. The van der Waals surface area contributed by atoms with Crippen LogP contribution in [-0.2, 0) is 19.2 Å². The molecule has 0 spiro atoms. The second kappa shape index (κ2) is 7.32. The number of nitrogens with zero attached hydrogens (tertiary/aromatic N) is 4. The molecule has 1 unspecified atom stereocenters. The molecule has 126 valence electrons. The van der Waals surface area contributed by atoms with Gasteiger partial charge in [0.1, 0.15) is 11.4 Å². The van der Waals surface area contributed by atoms with E-state index in [-0.39, 0.29) is 6.54 Å². The lowest BCUT2D eigenvalue weighted by Crippen LogP contribution is -2.39. The fourth-order valence-electron chi connectivity index (χ4n) is 2.26. The highest BCUT2D eigenvalue weighted by molar-refractivity contribution is 5.79. The lowest BCUT2D eigenvalue weighted by molar-refractivity contribution is 0.0435. The predicted molar refractivity (Wildman–Crippen MR) is 88.9 cm³/mol. The number of furan rings is 1. The molecule has 0 aliphatic rings. The molecule has 1 atom stereocenters. The molecule has 0 amide bonds. The van der Waals surface area contributed by atoms with Crippen molar-refractivity contribution in [1.82, 2.24) is 20.0 Å². The number of nitrogens with one attached hydrogen (secondary N) is 1. The van der Waals surface area contributed by atoms with Crippen molar-refractivity contribution in [2.75, 3.05) is 20.1 Å². The minimum Gasteiger partial charge on any atom is -0.466 e. The molecule has 0 aromatic carbocycles. The molecule has 2 rings (SSSR count). The third kappa shape index (κ3) is 4.59. The molecular formula is C16H25N5O2. The van der Waals surface area contributed by atoms with Crippen LogP contribution in [0.1, 0.15) is 25.2 Å². The molecule has 7 heteroatoms. The van der Waals surface area contributed by atoms with Crippen molar-refractivity contribution in [2.24, 2.45) is 12.0 Å². The van der Waals surface area contributed by atoms with Gasteiger partial charge in [0, 0.05) is 38.9 Å². The van der Waals surface area contributed by atoms with Crippen LogP contribution in [-0.4, -0.2) is 45.9 Å². The van der Waals surface area contributed by atoms with Crippen LogP contribution in [0.4, 0.5) is 0 Å². The van der Waals surface area contributed by atoms with E-state index in [2.05, 4.69) is 15.4 Å². The maximum Gasteiger partial charge on any atom is 0.194 e. The van der Waals surface area contributed by atoms with Crippen LogP contribution in [0, 0.1) is 0 Å². The standard InChI is InChI=1S/C16H25N5O2/c1-5-17-15(20(3)10-13-9-19-21(4)11-13)18-12-16(2,22)14-7-6-8-23-14/h6-9,11,22H,5,10,12H2,1-4H3,(H,17,18). The summed E-state index contributed by atoms with van der Waals surface area (Å²) in [6, 6.07) is 3.51. The van der Waals surface area contributed by atoms with Crippen LogP contribution >= 0.6 is 0 Å². The Balaban J connectivity index is 2.07. The maximum absolute atomic E-state index is 10.5. The average molecular weight is 319 g/mol. The molecule has 2 heterocycles. The number of hydrogen-bond acceptors (Lipinski definition) is 4. The minimum absolute atomic E-state index is 0.209. The zero-order valence-electron chi connectivity index (χ0n) is 14.2. The summed E-state index contributed by atoms with van der Waals surface area (Å²) in [5.74, 6) is 1.23. The van der Waals surface area contributed by atoms with Crippen molar-refractivity contribution in [2.45, 2.75) is 26.0 Å². The van der Waals surface area contributed by atoms with Crippen molar-refractivity contribution < 1.29 is 9.52 Å². The van der Waals surface area contributed by atoms with E-state index in [9.17, 15) is 5.11 Å². The summed E-state index contributed by atoms with van der Waals surface area (Å²) < 4.78 is 7.06. The Kier molecular flexibility index (Phi) is 5.44. The Morgan fingerprint density at radius 2 is 2.35 bits per heavy atom. The zero-order valence-corrected chi connectivity index (χ0v) is 14.2. The highest BCUT2D eigenvalue weighted by Crippen LogP contribution is 2.21. The largest absolute Gasteiger partial charge is 0.466 e. The van der Waals surface area contributed by atoms with Crippen LogP contribution < -0.4 is 5.32 Å². The van der Waals surface area contributed by atoms with Crippen molar-refractivity contribution in [3.05, 3.63) is 42.1 Å². The molecule has 0 bridgehead atoms. The second-order valence-electron chi connectivity index (χ2n) is 5.80. The topological polar surface area (TPSA) is 78.8 Å². The van der Waals surface area contributed by atoms with Gasteiger partial charge in [0.15, 0.2) is 5.96 Å². The van der Waals surface area contributed by atoms with Crippen LogP contribution in [0.15, 0.2) is 40.2 Å². The minimum atomic E-state index is -1.14. The molecule has 0 saturated heterocycles. The van der Waals surface area contributed by atoms with Gasteiger partial charge in [-0.05, 0) is 26.0 Å². The van der Waals surface area contributed by atoms with Gasteiger partial charge >= 0.3 is 0 Å². The quantitative estimate of drug-likeness (QED) is 0.620. The Labute approximate surface area is 136 Å². The number of hydrogen-bond donors (Lipinski definition) is 2. The first-order valence-electron chi connectivity index (χ1n) is 7.65. The van der Waals surface area contributed by atoms with Gasteiger partial charge in [0.25, 0.3) is 0 Å². The van der Waals surface area contributed by atoms with E-state index in [0.29, 0.717) is 12.3 Å². The van der Waals surface area contributed by atoms with Crippen LogP contribution in [0.3, 0.4) is 0 Å². The van der Waals surface area contributed by atoms with Gasteiger partial charge in [-0.3, -0.25) is 4.68 Å². The predicted octanol–water partition coefficient (Wildman–Crippen LogP) is 1.32. The Morgan fingerprint density at radius 1 is 1.57 bits per heavy atom. The smallest absolute Gasteiger partial charge is 0.194 e. The lowest BCUT2D eigenvalue weighted by atomic mass is 10.0. The van der Waals surface area contributed by atoms with Crippen molar-refractivity contribution >= 4 is 5.96 Å². The fraction of sp³-hybridized carbons (Fsp3) is 0.500. The summed E-state index contributed by atoms with van der Waals surface area (Å²) in [4.78, 5) is 6.54. The van der Waals surface area contributed by atoms with Crippen molar-refractivity contribution in [3.63, 3.8) is 0 Å². The fourth-order valence-corrected chi connectivity index (χ4v) is 2.26. The molecule has 0 aliphatic carbocycles. The third-order valence-corrected chi connectivity index (χ3v) is 3.46. The summed E-state index contributed by atoms with van der Waals surface area (Å²) >= 11 is 0. The van der Waals surface area contributed by atoms with Gasteiger partial charge < -0.3 is 19.7 Å². The normalized spacial score (nSPS) is 14.6. The molecular weight excluding hydrogens is 294 g/mol.